The zero-order chi connectivity index (χ0) is 20.8. The number of rotatable bonds is 5. The normalized spacial score (nSPS) is 28.0. The van der Waals surface area contributed by atoms with Crippen molar-refractivity contribution in [2.75, 3.05) is 5.32 Å². The van der Waals surface area contributed by atoms with E-state index in [4.69, 9.17) is 0 Å². The number of imide groups is 1. The Labute approximate surface area is 178 Å². The summed E-state index contributed by atoms with van der Waals surface area (Å²) in [6.07, 6.45) is 6.29. The molecular weight excluding hydrogens is 400 g/mol. The molecule has 0 radical (unpaired) electrons. The summed E-state index contributed by atoms with van der Waals surface area (Å²) < 4.78 is 0. The molecule has 0 unspecified atom stereocenters. The van der Waals surface area contributed by atoms with Crippen LogP contribution >= 0.6 is 11.3 Å². The minimum Gasteiger partial charge on any atom is -0.299 e. The molecule has 1 saturated carbocycles. The maximum absolute atomic E-state index is 13.4. The van der Waals surface area contributed by atoms with Crippen molar-refractivity contribution in [3.8, 4) is 0 Å². The molecule has 2 heterocycles. The second kappa shape index (κ2) is 7.43. The van der Waals surface area contributed by atoms with Crippen molar-refractivity contribution < 1.29 is 14.4 Å². The van der Waals surface area contributed by atoms with E-state index in [1.54, 1.807) is 6.92 Å². The molecule has 2 aromatic rings. The number of aromatic nitrogens is 2. The van der Waals surface area contributed by atoms with Crippen LogP contribution in [0.15, 0.2) is 42.5 Å². The molecule has 1 aliphatic heterocycles. The topological polar surface area (TPSA) is 92.3 Å². The summed E-state index contributed by atoms with van der Waals surface area (Å²) in [6, 6.07) is 8.55. The molecule has 0 spiro atoms. The third kappa shape index (κ3) is 3.15. The van der Waals surface area contributed by atoms with Gasteiger partial charge in [0, 0.05) is 6.42 Å². The van der Waals surface area contributed by atoms with Gasteiger partial charge in [-0.1, -0.05) is 53.8 Å². The SMILES string of the molecule is Cc1nnc(NC(=O)[C@H](Cc2ccccc2)N2C(=O)[C@@H]3[C@@H](C2=O)[C@H]2C=C[C@H]3CC2)s1. The molecule has 3 aliphatic carbocycles. The van der Waals surface area contributed by atoms with E-state index in [0.717, 1.165) is 23.4 Å². The van der Waals surface area contributed by atoms with Crippen LogP contribution in [0.25, 0.3) is 0 Å². The Kier molecular flexibility index (Phi) is 4.73. The number of nitrogens with one attached hydrogen (secondary N) is 1. The van der Waals surface area contributed by atoms with Gasteiger partial charge in [0.05, 0.1) is 11.8 Å². The lowest BCUT2D eigenvalue weighted by molar-refractivity contribution is -0.146. The van der Waals surface area contributed by atoms with Crippen LogP contribution in [-0.4, -0.2) is 38.9 Å². The van der Waals surface area contributed by atoms with E-state index in [2.05, 4.69) is 27.7 Å². The first kappa shape index (κ1) is 19.1. The number of hydrogen-bond acceptors (Lipinski definition) is 6. The third-order valence-corrected chi connectivity index (χ3v) is 7.19. The fourth-order valence-electron chi connectivity index (χ4n) is 5.08. The van der Waals surface area contributed by atoms with Gasteiger partial charge in [-0.15, -0.1) is 10.2 Å². The van der Waals surface area contributed by atoms with Crippen molar-refractivity contribution in [2.45, 2.75) is 32.2 Å². The van der Waals surface area contributed by atoms with Crippen LogP contribution in [0.1, 0.15) is 23.4 Å². The molecule has 1 N–H and O–H groups in total. The number of hydrogen-bond donors (Lipinski definition) is 1. The Balaban J connectivity index is 1.47. The van der Waals surface area contributed by atoms with Gasteiger partial charge in [-0.25, -0.2) is 0 Å². The maximum atomic E-state index is 13.4. The highest BCUT2D eigenvalue weighted by atomic mass is 32.1. The second-order valence-corrected chi connectivity index (χ2v) is 9.39. The van der Waals surface area contributed by atoms with Gasteiger partial charge < -0.3 is 0 Å². The van der Waals surface area contributed by atoms with Crippen LogP contribution in [0.5, 0.6) is 0 Å². The van der Waals surface area contributed by atoms with E-state index in [1.165, 1.54) is 16.2 Å². The average Bonchev–Trinajstić information content (AvgIpc) is 3.29. The van der Waals surface area contributed by atoms with Gasteiger partial charge in [0.15, 0.2) is 0 Å². The molecule has 2 fully saturated rings. The summed E-state index contributed by atoms with van der Waals surface area (Å²) >= 11 is 1.26. The number of nitrogens with zero attached hydrogens (tertiary/aromatic N) is 3. The number of anilines is 1. The molecular formula is C22H22N4O3S. The first-order valence-electron chi connectivity index (χ1n) is 10.2. The summed E-state index contributed by atoms with van der Waals surface area (Å²) in [4.78, 5) is 41.3. The highest BCUT2D eigenvalue weighted by Gasteiger charge is 2.58. The van der Waals surface area contributed by atoms with Crippen LogP contribution < -0.4 is 5.32 Å². The van der Waals surface area contributed by atoms with Crippen LogP contribution in [0, 0.1) is 30.6 Å². The van der Waals surface area contributed by atoms with Crippen LogP contribution in [0.2, 0.25) is 0 Å². The summed E-state index contributed by atoms with van der Waals surface area (Å²) in [5.41, 5.74) is 0.891. The number of benzene rings is 1. The molecule has 7 nitrogen and oxygen atoms in total. The van der Waals surface area contributed by atoms with E-state index < -0.39 is 11.9 Å². The summed E-state index contributed by atoms with van der Waals surface area (Å²) in [7, 11) is 0. The molecule has 6 rings (SSSR count). The molecule has 8 heteroatoms. The molecule has 3 amide bonds. The number of carbonyl (C=O) groups is 3. The number of allylic oxidation sites excluding steroid dienone is 2. The predicted octanol–water partition coefficient (Wildman–Crippen LogP) is 2.59. The summed E-state index contributed by atoms with van der Waals surface area (Å²) in [6.45, 7) is 1.80. The minimum atomic E-state index is -0.915. The van der Waals surface area contributed by atoms with Gasteiger partial charge in [-0.05, 0) is 37.2 Å². The van der Waals surface area contributed by atoms with Crippen LogP contribution in [0.4, 0.5) is 5.13 Å². The molecule has 2 bridgehead atoms. The van der Waals surface area contributed by atoms with Gasteiger partial charge in [0.2, 0.25) is 22.9 Å². The quantitative estimate of drug-likeness (QED) is 0.591. The zero-order valence-electron chi connectivity index (χ0n) is 16.5. The lowest BCUT2D eigenvalue weighted by atomic mass is 9.63. The van der Waals surface area contributed by atoms with Crippen LogP contribution in [-0.2, 0) is 20.8 Å². The molecule has 154 valence electrons. The van der Waals surface area contributed by atoms with E-state index in [9.17, 15) is 14.4 Å². The number of fused-ring (bicyclic) bond motifs is 1. The lowest BCUT2D eigenvalue weighted by Crippen LogP contribution is -2.49. The Morgan fingerprint density at radius 2 is 1.73 bits per heavy atom. The molecule has 1 aromatic heterocycles. The highest BCUT2D eigenvalue weighted by molar-refractivity contribution is 7.15. The summed E-state index contributed by atoms with van der Waals surface area (Å²) in [5.74, 6) is -1.33. The van der Waals surface area contributed by atoms with E-state index in [-0.39, 0.29) is 41.9 Å². The van der Waals surface area contributed by atoms with Gasteiger partial charge in [0.1, 0.15) is 11.0 Å². The van der Waals surface area contributed by atoms with E-state index >= 15 is 0 Å². The van der Waals surface area contributed by atoms with Crippen molar-refractivity contribution >= 4 is 34.2 Å². The van der Waals surface area contributed by atoms with Crippen molar-refractivity contribution in [1.82, 2.24) is 15.1 Å². The molecule has 5 atom stereocenters. The minimum absolute atomic E-state index is 0.0905. The Hall–Kier alpha value is -2.87. The Morgan fingerprint density at radius 3 is 2.27 bits per heavy atom. The van der Waals surface area contributed by atoms with Crippen molar-refractivity contribution in [2.24, 2.45) is 23.7 Å². The van der Waals surface area contributed by atoms with Gasteiger partial charge >= 0.3 is 0 Å². The largest absolute Gasteiger partial charge is 0.299 e. The average molecular weight is 423 g/mol. The number of aryl methyl sites for hydroxylation is 1. The van der Waals surface area contributed by atoms with Gasteiger partial charge in [-0.3, -0.25) is 24.6 Å². The number of carbonyl (C=O) groups excluding carboxylic acids is 3. The fourth-order valence-corrected chi connectivity index (χ4v) is 5.67. The zero-order valence-corrected chi connectivity index (χ0v) is 17.3. The third-order valence-electron chi connectivity index (χ3n) is 6.44. The van der Waals surface area contributed by atoms with Crippen molar-refractivity contribution in [3.05, 3.63) is 53.1 Å². The first-order chi connectivity index (χ1) is 14.5. The molecule has 30 heavy (non-hydrogen) atoms. The fraction of sp³-hybridized carbons (Fsp3) is 0.409. The van der Waals surface area contributed by atoms with Gasteiger partial charge in [0.25, 0.3) is 0 Å². The molecule has 1 aromatic carbocycles. The van der Waals surface area contributed by atoms with Crippen LogP contribution in [0.3, 0.4) is 0 Å². The van der Waals surface area contributed by atoms with E-state index in [0.29, 0.717) is 5.13 Å². The lowest BCUT2D eigenvalue weighted by Gasteiger charge is -2.38. The van der Waals surface area contributed by atoms with Gasteiger partial charge in [-0.2, -0.15) is 0 Å². The highest BCUT2D eigenvalue weighted by Crippen LogP contribution is 2.50. The van der Waals surface area contributed by atoms with E-state index in [1.807, 2.05) is 30.3 Å². The Morgan fingerprint density at radius 1 is 1.10 bits per heavy atom. The summed E-state index contributed by atoms with van der Waals surface area (Å²) in [5, 5.41) is 11.7. The number of likely N-dealkylation sites (tertiary alicyclic amines) is 1. The molecule has 4 aliphatic rings. The van der Waals surface area contributed by atoms with Crippen molar-refractivity contribution in [3.63, 3.8) is 0 Å². The second-order valence-electron chi connectivity index (χ2n) is 8.21. The Bertz CT molecular complexity index is 1000. The first-order valence-corrected chi connectivity index (χ1v) is 11.0. The standard InChI is InChI=1S/C22H22N4O3S/c1-12-24-25-22(30-12)23-19(27)16(11-13-5-3-2-4-6-13)26-20(28)17-14-7-8-15(10-9-14)18(17)21(26)29/h2-8,14-18H,9-11H2,1H3,(H,23,25,27)/t14-,15-,16-,17-,18-/m0/s1. The number of amides is 3. The predicted molar refractivity (Wildman–Crippen MR) is 111 cm³/mol. The smallest absolute Gasteiger partial charge is 0.249 e. The maximum Gasteiger partial charge on any atom is 0.249 e. The molecule has 1 saturated heterocycles. The van der Waals surface area contributed by atoms with Crippen molar-refractivity contribution in [1.29, 1.82) is 0 Å². The monoisotopic (exact) mass is 422 g/mol.